The maximum atomic E-state index is 13.0. The fourth-order valence-corrected chi connectivity index (χ4v) is 2.58. The van der Waals surface area contributed by atoms with E-state index in [2.05, 4.69) is 27.4 Å². The largest absolute Gasteiger partial charge is 0.352 e. The number of rotatable bonds is 5. The van der Waals surface area contributed by atoms with Crippen LogP contribution < -0.4 is 5.32 Å². The summed E-state index contributed by atoms with van der Waals surface area (Å²) < 4.78 is 13.0. The third-order valence-corrected chi connectivity index (χ3v) is 4.17. The number of carbonyl (C=O) groups is 1. The lowest BCUT2D eigenvalue weighted by atomic mass is 10.0. The molecule has 1 heterocycles. The summed E-state index contributed by atoms with van der Waals surface area (Å²) in [5.74, 6) is 5.67. The Labute approximate surface area is 157 Å². The van der Waals surface area contributed by atoms with Crippen molar-refractivity contribution in [3.05, 3.63) is 88.5 Å². The lowest BCUT2D eigenvalue weighted by Crippen LogP contribution is -2.24. The summed E-state index contributed by atoms with van der Waals surface area (Å²) >= 11 is 0. The Kier molecular flexibility index (Phi) is 6.01. The first-order chi connectivity index (χ1) is 13.1. The first kappa shape index (κ1) is 18.4. The van der Waals surface area contributed by atoms with E-state index in [0.717, 1.165) is 35.1 Å². The number of aromatic amines is 1. The van der Waals surface area contributed by atoms with Crippen LogP contribution in [-0.2, 0) is 6.42 Å². The molecule has 0 bridgehead atoms. The average Bonchev–Trinajstić information content (AvgIpc) is 3.19. The highest BCUT2D eigenvalue weighted by Crippen LogP contribution is 2.11. The molecule has 5 heteroatoms. The Morgan fingerprint density at radius 3 is 2.74 bits per heavy atom. The molecule has 2 N–H and O–H groups in total. The van der Waals surface area contributed by atoms with Crippen molar-refractivity contribution < 1.29 is 9.18 Å². The quantitative estimate of drug-likeness (QED) is 0.539. The predicted octanol–water partition coefficient (Wildman–Crippen LogP) is 3.62. The van der Waals surface area contributed by atoms with Gasteiger partial charge in [0, 0.05) is 29.4 Å². The second-order valence-corrected chi connectivity index (χ2v) is 6.25. The van der Waals surface area contributed by atoms with E-state index in [4.69, 9.17) is 0 Å². The van der Waals surface area contributed by atoms with Crippen LogP contribution in [0.3, 0.4) is 0 Å². The van der Waals surface area contributed by atoms with E-state index in [1.165, 1.54) is 12.1 Å². The molecule has 0 saturated heterocycles. The van der Waals surface area contributed by atoms with Crippen molar-refractivity contribution in [2.45, 2.75) is 19.8 Å². The van der Waals surface area contributed by atoms with Gasteiger partial charge in [-0.3, -0.25) is 9.89 Å². The molecule has 0 fully saturated rings. The highest BCUT2D eigenvalue weighted by atomic mass is 19.1. The van der Waals surface area contributed by atoms with Gasteiger partial charge >= 0.3 is 0 Å². The van der Waals surface area contributed by atoms with Gasteiger partial charge in [0.15, 0.2) is 0 Å². The molecule has 4 nitrogen and oxygen atoms in total. The summed E-state index contributed by atoms with van der Waals surface area (Å²) in [5, 5.41) is 9.60. The summed E-state index contributed by atoms with van der Waals surface area (Å²) in [4.78, 5) is 12.4. The zero-order valence-electron chi connectivity index (χ0n) is 15.1. The third-order valence-electron chi connectivity index (χ3n) is 4.17. The maximum absolute atomic E-state index is 13.0. The molecule has 2 aromatic carbocycles. The van der Waals surface area contributed by atoms with Crippen LogP contribution >= 0.6 is 0 Å². The Morgan fingerprint density at radius 1 is 1.19 bits per heavy atom. The number of nitrogens with zero attached hydrogens (tertiary/aromatic N) is 1. The van der Waals surface area contributed by atoms with Gasteiger partial charge in [-0.2, -0.15) is 5.10 Å². The fraction of sp³-hybridized carbons (Fsp3) is 0.182. The monoisotopic (exact) mass is 361 g/mol. The lowest BCUT2D eigenvalue weighted by molar-refractivity contribution is 0.0953. The molecule has 1 aromatic heterocycles. The highest BCUT2D eigenvalue weighted by molar-refractivity contribution is 5.94. The van der Waals surface area contributed by atoms with Crippen LogP contribution in [0, 0.1) is 24.6 Å². The molecule has 0 aliphatic carbocycles. The zero-order valence-corrected chi connectivity index (χ0v) is 15.1. The highest BCUT2D eigenvalue weighted by Gasteiger charge is 2.07. The molecule has 0 radical (unpaired) electrons. The molecule has 0 unspecified atom stereocenters. The molecule has 0 aliphatic rings. The van der Waals surface area contributed by atoms with Crippen molar-refractivity contribution in [3.8, 4) is 11.8 Å². The standard InChI is InChI=1S/C22H20FN3O/c1-16-4-8-20(22(27)24-12-2-3-18-14-25-26-15-18)13-19(16)9-5-17-6-10-21(23)11-7-17/h4,6-8,10-11,13-15H,2-3,12H2,1H3,(H,24,27)(H,25,26). The molecule has 0 atom stereocenters. The van der Waals surface area contributed by atoms with E-state index in [1.54, 1.807) is 30.5 Å². The minimum absolute atomic E-state index is 0.118. The van der Waals surface area contributed by atoms with Gasteiger partial charge in [0.1, 0.15) is 5.82 Å². The van der Waals surface area contributed by atoms with E-state index in [1.807, 2.05) is 19.2 Å². The number of benzene rings is 2. The summed E-state index contributed by atoms with van der Waals surface area (Å²) in [6, 6.07) is 11.5. The summed E-state index contributed by atoms with van der Waals surface area (Å²) in [5.41, 5.74) is 4.20. The Morgan fingerprint density at radius 2 is 2.00 bits per heavy atom. The number of nitrogens with one attached hydrogen (secondary N) is 2. The third kappa shape index (κ3) is 5.29. The number of H-pyrrole nitrogens is 1. The molecular formula is C22H20FN3O. The Hall–Kier alpha value is -3.39. The second-order valence-electron chi connectivity index (χ2n) is 6.25. The number of aromatic nitrogens is 2. The smallest absolute Gasteiger partial charge is 0.251 e. The molecular weight excluding hydrogens is 341 g/mol. The van der Waals surface area contributed by atoms with Gasteiger partial charge in [-0.05, 0) is 67.3 Å². The van der Waals surface area contributed by atoms with Crippen LogP contribution in [0.15, 0.2) is 54.9 Å². The number of amides is 1. The van der Waals surface area contributed by atoms with Gasteiger partial charge in [-0.15, -0.1) is 0 Å². The number of halogens is 1. The van der Waals surface area contributed by atoms with Gasteiger partial charge in [0.25, 0.3) is 5.91 Å². The lowest BCUT2D eigenvalue weighted by Gasteiger charge is -2.06. The van der Waals surface area contributed by atoms with Crippen LogP contribution in [0.25, 0.3) is 0 Å². The molecule has 0 spiro atoms. The fourth-order valence-electron chi connectivity index (χ4n) is 2.58. The molecule has 0 aliphatic heterocycles. The zero-order chi connectivity index (χ0) is 19.1. The number of aryl methyl sites for hydroxylation is 2. The topological polar surface area (TPSA) is 57.8 Å². The van der Waals surface area contributed by atoms with Gasteiger partial charge in [0.05, 0.1) is 6.20 Å². The van der Waals surface area contributed by atoms with Crippen molar-refractivity contribution >= 4 is 5.91 Å². The van der Waals surface area contributed by atoms with Crippen LogP contribution in [0.5, 0.6) is 0 Å². The number of hydrogen-bond donors (Lipinski definition) is 2. The minimum atomic E-state index is -0.289. The molecule has 136 valence electrons. The van der Waals surface area contributed by atoms with E-state index >= 15 is 0 Å². The SMILES string of the molecule is Cc1ccc(C(=O)NCCCc2cn[nH]c2)cc1C#Cc1ccc(F)cc1. The molecule has 27 heavy (non-hydrogen) atoms. The predicted molar refractivity (Wildman–Crippen MR) is 103 cm³/mol. The molecule has 3 rings (SSSR count). The Balaban J connectivity index is 1.62. The summed E-state index contributed by atoms with van der Waals surface area (Å²) in [7, 11) is 0. The van der Waals surface area contributed by atoms with E-state index in [9.17, 15) is 9.18 Å². The van der Waals surface area contributed by atoms with Crippen LogP contribution in [0.2, 0.25) is 0 Å². The van der Waals surface area contributed by atoms with E-state index < -0.39 is 0 Å². The van der Waals surface area contributed by atoms with Gasteiger partial charge < -0.3 is 5.32 Å². The van der Waals surface area contributed by atoms with E-state index in [0.29, 0.717) is 12.1 Å². The van der Waals surface area contributed by atoms with Gasteiger partial charge in [-0.25, -0.2) is 4.39 Å². The van der Waals surface area contributed by atoms with Crippen LogP contribution in [0.1, 0.15) is 39.0 Å². The van der Waals surface area contributed by atoms with Gasteiger partial charge in [0.2, 0.25) is 0 Å². The van der Waals surface area contributed by atoms with Crippen molar-refractivity contribution in [2.24, 2.45) is 0 Å². The summed E-state index contributed by atoms with van der Waals surface area (Å²) in [6.07, 6.45) is 5.34. The van der Waals surface area contributed by atoms with Crippen molar-refractivity contribution in [1.29, 1.82) is 0 Å². The molecule has 0 saturated carbocycles. The van der Waals surface area contributed by atoms with E-state index in [-0.39, 0.29) is 11.7 Å². The van der Waals surface area contributed by atoms with Crippen molar-refractivity contribution in [1.82, 2.24) is 15.5 Å². The normalized spacial score (nSPS) is 10.1. The Bertz CT molecular complexity index is 967. The second kappa shape index (κ2) is 8.81. The first-order valence-corrected chi connectivity index (χ1v) is 8.76. The molecule has 3 aromatic rings. The van der Waals surface area contributed by atoms with Crippen molar-refractivity contribution in [3.63, 3.8) is 0 Å². The summed E-state index contributed by atoms with van der Waals surface area (Å²) in [6.45, 7) is 2.54. The van der Waals surface area contributed by atoms with Crippen molar-refractivity contribution in [2.75, 3.05) is 6.54 Å². The minimum Gasteiger partial charge on any atom is -0.352 e. The number of carbonyl (C=O) groups excluding carboxylic acids is 1. The van der Waals surface area contributed by atoms with Gasteiger partial charge in [-0.1, -0.05) is 17.9 Å². The molecule has 1 amide bonds. The number of hydrogen-bond acceptors (Lipinski definition) is 2. The average molecular weight is 361 g/mol. The van der Waals surface area contributed by atoms with Crippen LogP contribution in [0.4, 0.5) is 4.39 Å². The first-order valence-electron chi connectivity index (χ1n) is 8.76. The maximum Gasteiger partial charge on any atom is 0.251 e. The van der Waals surface area contributed by atoms with Crippen LogP contribution in [-0.4, -0.2) is 22.6 Å².